The molecular formula is C14H14FN3O2S2. The first-order chi connectivity index (χ1) is 10.3. The molecule has 2 rings (SSSR count). The number of anilines is 2. The van der Waals surface area contributed by atoms with Gasteiger partial charge in [-0.15, -0.1) is 0 Å². The maximum absolute atomic E-state index is 13.7. The molecule has 22 heavy (non-hydrogen) atoms. The number of sulfonamides is 1. The minimum atomic E-state index is -3.73. The number of benzene rings is 2. The van der Waals surface area contributed by atoms with E-state index >= 15 is 0 Å². The zero-order valence-electron chi connectivity index (χ0n) is 11.6. The number of rotatable bonds is 3. The van der Waals surface area contributed by atoms with Crippen LogP contribution in [-0.2, 0) is 10.0 Å². The molecule has 0 spiro atoms. The minimum Gasteiger partial charge on any atom is -0.332 e. The number of hydrogen-bond donors (Lipinski definition) is 3. The minimum absolute atomic E-state index is 0.00139. The lowest BCUT2D eigenvalue weighted by molar-refractivity contribution is 0.598. The lowest BCUT2D eigenvalue weighted by atomic mass is 10.2. The van der Waals surface area contributed by atoms with Gasteiger partial charge in [-0.05, 0) is 61.1 Å². The van der Waals surface area contributed by atoms with Crippen LogP contribution in [0.4, 0.5) is 15.8 Å². The van der Waals surface area contributed by atoms with Crippen LogP contribution in [0.2, 0.25) is 0 Å². The van der Waals surface area contributed by atoms with Crippen molar-refractivity contribution < 1.29 is 12.8 Å². The quantitative estimate of drug-likeness (QED) is 0.749. The molecule has 2 aromatic carbocycles. The molecule has 0 amide bonds. The Morgan fingerprint density at radius 3 is 2.32 bits per heavy atom. The Morgan fingerprint density at radius 1 is 1.14 bits per heavy atom. The Bertz CT molecular complexity index is 805. The topological polar surface area (TPSA) is 84.2 Å². The van der Waals surface area contributed by atoms with Gasteiger partial charge in [0.25, 0.3) is 0 Å². The molecule has 0 heterocycles. The summed E-state index contributed by atoms with van der Waals surface area (Å²) in [7, 11) is -3.73. The van der Waals surface area contributed by atoms with Crippen molar-refractivity contribution in [1.29, 1.82) is 0 Å². The van der Waals surface area contributed by atoms with Gasteiger partial charge in [0.15, 0.2) is 5.11 Å². The molecule has 0 aliphatic rings. The summed E-state index contributed by atoms with van der Waals surface area (Å²) in [6.07, 6.45) is 0. The Labute approximate surface area is 133 Å². The lowest BCUT2D eigenvalue weighted by Gasteiger charge is -2.11. The van der Waals surface area contributed by atoms with E-state index in [4.69, 9.17) is 17.4 Å². The van der Waals surface area contributed by atoms with E-state index in [0.29, 0.717) is 5.69 Å². The highest BCUT2D eigenvalue weighted by molar-refractivity contribution is 7.89. The first kappa shape index (κ1) is 16.3. The van der Waals surface area contributed by atoms with Crippen LogP contribution < -0.4 is 15.8 Å². The van der Waals surface area contributed by atoms with Crippen molar-refractivity contribution in [2.24, 2.45) is 5.14 Å². The molecule has 5 nitrogen and oxygen atoms in total. The molecule has 4 N–H and O–H groups in total. The summed E-state index contributed by atoms with van der Waals surface area (Å²) in [4.78, 5) is 0.00139. The van der Waals surface area contributed by atoms with Crippen LogP contribution in [0.1, 0.15) is 5.56 Å². The summed E-state index contributed by atoms with van der Waals surface area (Å²) in [5, 5.41) is 10.8. The standard InChI is InChI=1S/C14H14FN3O2S2/c1-9-2-7-13(12(15)8-9)18-14(21)17-10-3-5-11(6-4-10)22(16,19)20/h2-8H,1H3,(H2,16,19,20)(H2,17,18,21). The van der Waals surface area contributed by atoms with Crippen LogP contribution in [0.5, 0.6) is 0 Å². The number of primary sulfonamides is 1. The van der Waals surface area contributed by atoms with E-state index in [-0.39, 0.29) is 15.7 Å². The Morgan fingerprint density at radius 2 is 1.77 bits per heavy atom. The van der Waals surface area contributed by atoms with Gasteiger partial charge in [-0.25, -0.2) is 17.9 Å². The Kier molecular flexibility index (Phi) is 4.74. The molecule has 0 aliphatic carbocycles. The highest BCUT2D eigenvalue weighted by atomic mass is 32.2. The molecule has 8 heteroatoms. The zero-order valence-corrected chi connectivity index (χ0v) is 13.3. The Balaban J connectivity index is 2.06. The first-order valence-corrected chi connectivity index (χ1v) is 8.18. The van der Waals surface area contributed by atoms with Gasteiger partial charge in [-0.3, -0.25) is 0 Å². The molecule has 2 aromatic rings. The van der Waals surface area contributed by atoms with E-state index < -0.39 is 15.8 Å². The highest BCUT2D eigenvalue weighted by Crippen LogP contribution is 2.17. The van der Waals surface area contributed by atoms with Crippen molar-refractivity contribution in [3.63, 3.8) is 0 Å². The predicted molar refractivity (Wildman–Crippen MR) is 88.8 cm³/mol. The van der Waals surface area contributed by atoms with E-state index in [1.807, 2.05) is 0 Å². The first-order valence-electron chi connectivity index (χ1n) is 6.23. The molecule has 116 valence electrons. The number of hydrogen-bond acceptors (Lipinski definition) is 3. The molecule has 0 unspecified atom stereocenters. The number of nitrogens with two attached hydrogens (primary N) is 1. The van der Waals surface area contributed by atoms with Gasteiger partial charge in [0.1, 0.15) is 5.82 Å². The summed E-state index contributed by atoms with van der Waals surface area (Å²) in [6.45, 7) is 1.79. The molecule has 0 radical (unpaired) electrons. The van der Waals surface area contributed by atoms with Crippen molar-refractivity contribution in [2.75, 3.05) is 10.6 Å². The second kappa shape index (κ2) is 6.39. The maximum Gasteiger partial charge on any atom is 0.238 e. The number of halogens is 1. The third-order valence-electron chi connectivity index (χ3n) is 2.81. The van der Waals surface area contributed by atoms with Crippen molar-refractivity contribution in [2.45, 2.75) is 11.8 Å². The SMILES string of the molecule is Cc1ccc(NC(=S)Nc2ccc(S(N)(=O)=O)cc2)c(F)c1. The molecule has 0 bridgehead atoms. The van der Waals surface area contributed by atoms with Crippen molar-refractivity contribution in [3.8, 4) is 0 Å². The second-order valence-electron chi connectivity index (χ2n) is 4.63. The van der Waals surface area contributed by atoms with Gasteiger partial charge in [0, 0.05) is 5.69 Å². The van der Waals surface area contributed by atoms with E-state index in [1.165, 1.54) is 30.3 Å². The fourth-order valence-electron chi connectivity index (χ4n) is 1.73. The highest BCUT2D eigenvalue weighted by Gasteiger charge is 2.08. The lowest BCUT2D eigenvalue weighted by Crippen LogP contribution is -2.20. The molecular weight excluding hydrogens is 325 g/mol. The maximum atomic E-state index is 13.7. The summed E-state index contributed by atoms with van der Waals surface area (Å²) in [5.74, 6) is -0.409. The van der Waals surface area contributed by atoms with E-state index in [0.717, 1.165) is 5.56 Å². The van der Waals surface area contributed by atoms with Gasteiger partial charge in [0.2, 0.25) is 10.0 Å². The normalized spacial score (nSPS) is 11.0. The fourth-order valence-corrected chi connectivity index (χ4v) is 2.48. The van der Waals surface area contributed by atoms with Crippen molar-refractivity contribution in [3.05, 3.63) is 53.8 Å². The fraction of sp³-hybridized carbons (Fsp3) is 0.0714. The third kappa shape index (κ3) is 4.23. The van der Waals surface area contributed by atoms with Gasteiger partial charge in [0.05, 0.1) is 10.6 Å². The average Bonchev–Trinajstić information content (AvgIpc) is 2.41. The van der Waals surface area contributed by atoms with Crippen molar-refractivity contribution in [1.82, 2.24) is 0 Å². The second-order valence-corrected chi connectivity index (χ2v) is 6.60. The summed E-state index contributed by atoms with van der Waals surface area (Å²) in [5.41, 5.74) is 1.61. The summed E-state index contributed by atoms with van der Waals surface area (Å²) >= 11 is 5.08. The van der Waals surface area contributed by atoms with Crippen LogP contribution >= 0.6 is 12.2 Å². The van der Waals surface area contributed by atoms with Crippen molar-refractivity contribution >= 4 is 38.7 Å². The van der Waals surface area contributed by atoms with Gasteiger partial charge < -0.3 is 10.6 Å². The number of thiocarbonyl (C=S) groups is 1. The predicted octanol–water partition coefficient (Wildman–Crippen LogP) is 2.59. The van der Waals surface area contributed by atoms with Gasteiger partial charge in [-0.2, -0.15) is 0 Å². The number of aryl methyl sites for hydroxylation is 1. The summed E-state index contributed by atoms with van der Waals surface area (Å²) in [6, 6.07) is 10.5. The molecule has 0 saturated carbocycles. The summed E-state index contributed by atoms with van der Waals surface area (Å²) < 4.78 is 36.0. The molecule has 0 fully saturated rings. The molecule has 0 saturated heterocycles. The van der Waals surface area contributed by atoms with Crippen LogP contribution in [-0.4, -0.2) is 13.5 Å². The van der Waals surface area contributed by atoms with Gasteiger partial charge in [-0.1, -0.05) is 6.07 Å². The Hall–Kier alpha value is -2.03. The monoisotopic (exact) mass is 339 g/mol. The average molecular weight is 339 g/mol. The van der Waals surface area contributed by atoms with E-state index in [2.05, 4.69) is 10.6 Å². The molecule has 0 atom stereocenters. The molecule has 0 aliphatic heterocycles. The van der Waals surface area contributed by atoms with E-state index in [9.17, 15) is 12.8 Å². The van der Waals surface area contributed by atoms with Crippen LogP contribution in [0, 0.1) is 12.7 Å². The van der Waals surface area contributed by atoms with E-state index in [1.54, 1.807) is 19.1 Å². The van der Waals surface area contributed by atoms with Crippen LogP contribution in [0.25, 0.3) is 0 Å². The third-order valence-corrected chi connectivity index (χ3v) is 3.95. The zero-order chi connectivity index (χ0) is 16.3. The van der Waals surface area contributed by atoms with Gasteiger partial charge >= 0.3 is 0 Å². The number of nitrogens with one attached hydrogen (secondary N) is 2. The largest absolute Gasteiger partial charge is 0.332 e. The van der Waals surface area contributed by atoms with Crippen LogP contribution in [0.3, 0.4) is 0 Å². The smallest absolute Gasteiger partial charge is 0.238 e. The van der Waals surface area contributed by atoms with Crippen LogP contribution in [0.15, 0.2) is 47.4 Å². The molecule has 0 aromatic heterocycles.